The molecule has 0 aliphatic heterocycles. The van der Waals surface area contributed by atoms with E-state index in [1.165, 1.54) is 10.4 Å². The highest BCUT2D eigenvalue weighted by molar-refractivity contribution is 7.09. The minimum Gasteiger partial charge on any atom is -0.481 e. The Labute approximate surface area is 123 Å². The topological polar surface area (TPSA) is 40.5 Å². The molecule has 1 N–H and O–H groups in total. The lowest BCUT2D eigenvalue weighted by Gasteiger charge is -2.26. The highest BCUT2D eigenvalue weighted by Crippen LogP contribution is 2.17. The Bertz CT molecular complexity index is 525. The van der Waals surface area contributed by atoms with E-state index in [9.17, 15) is 4.79 Å². The van der Waals surface area contributed by atoms with Gasteiger partial charge in [-0.2, -0.15) is 0 Å². The zero-order chi connectivity index (χ0) is 14.4. The third-order valence-electron chi connectivity index (χ3n) is 3.33. The Morgan fingerprint density at radius 3 is 2.60 bits per heavy atom. The molecular formula is C16H19NO2S. The Balaban J connectivity index is 2.03. The van der Waals surface area contributed by atoms with Gasteiger partial charge in [-0.05, 0) is 30.5 Å². The Hall–Kier alpha value is -1.65. The first-order valence-electron chi connectivity index (χ1n) is 6.63. The van der Waals surface area contributed by atoms with E-state index < -0.39 is 5.97 Å². The number of carbonyl (C=O) groups is 1. The lowest BCUT2D eigenvalue weighted by atomic mass is 10.1. The molecule has 0 saturated carbocycles. The van der Waals surface area contributed by atoms with Crippen molar-refractivity contribution in [3.63, 3.8) is 0 Å². The van der Waals surface area contributed by atoms with Crippen LogP contribution in [-0.4, -0.2) is 29.1 Å². The van der Waals surface area contributed by atoms with Gasteiger partial charge in [-0.3, -0.25) is 9.69 Å². The summed E-state index contributed by atoms with van der Waals surface area (Å²) in [6.07, 6.45) is 0.953. The minimum atomic E-state index is -0.744. The SMILES string of the molecule is CN(Cc1ccccc1)C(CC(=O)O)Cc1cccs1. The molecule has 20 heavy (non-hydrogen) atoms. The van der Waals surface area contributed by atoms with E-state index in [0.717, 1.165) is 13.0 Å². The maximum atomic E-state index is 11.1. The van der Waals surface area contributed by atoms with Gasteiger partial charge in [-0.15, -0.1) is 11.3 Å². The molecule has 0 spiro atoms. The molecule has 0 aliphatic rings. The predicted molar refractivity (Wildman–Crippen MR) is 82.0 cm³/mol. The molecule has 106 valence electrons. The summed E-state index contributed by atoms with van der Waals surface area (Å²) < 4.78 is 0. The fourth-order valence-corrected chi connectivity index (χ4v) is 3.02. The second-order valence-electron chi connectivity index (χ2n) is 4.94. The smallest absolute Gasteiger partial charge is 0.304 e. The number of hydrogen-bond acceptors (Lipinski definition) is 3. The van der Waals surface area contributed by atoms with Crippen LogP contribution in [0, 0.1) is 0 Å². The molecule has 0 saturated heterocycles. The second kappa shape index (κ2) is 7.22. The quantitative estimate of drug-likeness (QED) is 0.850. The highest BCUT2D eigenvalue weighted by atomic mass is 32.1. The van der Waals surface area contributed by atoms with Crippen molar-refractivity contribution in [2.45, 2.75) is 25.4 Å². The van der Waals surface area contributed by atoms with Gasteiger partial charge in [0, 0.05) is 17.5 Å². The van der Waals surface area contributed by atoms with E-state index in [2.05, 4.69) is 23.1 Å². The van der Waals surface area contributed by atoms with Crippen molar-refractivity contribution in [2.24, 2.45) is 0 Å². The van der Waals surface area contributed by atoms with Gasteiger partial charge >= 0.3 is 5.97 Å². The average Bonchev–Trinajstić information content (AvgIpc) is 2.91. The summed E-state index contributed by atoms with van der Waals surface area (Å²) in [7, 11) is 1.99. The molecule has 2 aromatic rings. The lowest BCUT2D eigenvalue weighted by molar-refractivity contribution is -0.138. The molecule has 2 rings (SSSR count). The summed E-state index contributed by atoms with van der Waals surface area (Å²) in [6, 6.07) is 14.2. The summed E-state index contributed by atoms with van der Waals surface area (Å²) in [5, 5.41) is 11.1. The first-order chi connectivity index (χ1) is 9.65. The van der Waals surface area contributed by atoms with Crippen molar-refractivity contribution in [3.05, 3.63) is 58.3 Å². The molecule has 4 heteroatoms. The van der Waals surface area contributed by atoms with Gasteiger partial charge in [0.2, 0.25) is 0 Å². The van der Waals surface area contributed by atoms with Crippen LogP contribution in [0.5, 0.6) is 0 Å². The first kappa shape index (κ1) is 14.8. The summed E-state index contributed by atoms with van der Waals surface area (Å²) in [4.78, 5) is 14.4. The predicted octanol–water partition coefficient (Wildman–Crippen LogP) is 3.27. The lowest BCUT2D eigenvalue weighted by Crippen LogP contribution is -2.34. The van der Waals surface area contributed by atoms with E-state index in [-0.39, 0.29) is 12.5 Å². The largest absolute Gasteiger partial charge is 0.481 e. The fraction of sp³-hybridized carbons (Fsp3) is 0.312. The van der Waals surface area contributed by atoms with Crippen LogP contribution in [0.4, 0.5) is 0 Å². The van der Waals surface area contributed by atoms with Gasteiger partial charge in [-0.1, -0.05) is 36.4 Å². The van der Waals surface area contributed by atoms with Gasteiger partial charge in [0.05, 0.1) is 6.42 Å². The molecule has 0 amide bonds. The number of likely N-dealkylation sites (N-methyl/N-ethyl adjacent to an activating group) is 1. The van der Waals surface area contributed by atoms with E-state index in [0.29, 0.717) is 0 Å². The van der Waals surface area contributed by atoms with Crippen LogP contribution in [-0.2, 0) is 17.8 Å². The molecule has 1 heterocycles. The van der Waals surface area contributed by atoms with Crippen molar-refractivity contribution < 1.29 is 9.90 Å². The summed E-state index contributed by atoms with van der Waals surface area (Å²) in [5.41, 5.74) is 1.21. The van der Waals surface area contributed by atoms with Crippen LogP contribution in [0.2, 0.25) is 0 Å². The minimum absolute atomic E-state index is 0.0198. The molecule has 0 radical (unpaired) electrons. The van der Waals surface area contributed by atoms with Crippen molar-refractivity contribution in [2.75, 3.05) is 7.05 Å². The number of carboxylic acids is 1. The number of benzene rings is 1. The molecule has 0 aliphatic carbocycles. The number of hydrogen-bond donors (Lipinski definition) is 1. The van der Waals surface area contributed by atoms with Crippen molar-refractivity contribution >= 4 is 17.3 Å². The normalized spacial score (nSPS) is 12.5. The first-order valence-corrected chi connectivity index (χ1v) is 7.51. The third kappa shape index (κ3) is 4.47. The van der Waals surface area contributed by atoms with Gasteiger partial charge in [0.1, 0.15) is 0 Å². The number of thiophene rings is 1. The molecule has 1 atom stereocenters. The molecule has 1 aromatic heterocycles. The molecule has 3 nitrogen and oxygen atoms in total. The van der Waals surface area contributed by atoms with Crippen LogP contribution in [0.3, 0.4) is 0 Å². The Morgan fingerprint density at radius 2 is 2.00 bits per heavy atom. The maximum Gasteiger partial charge on any atom is 0.304 e. The molecule has 0 bridgehead atoms. The van der Waals surface area contributed by atoms with E-state index in [1.807, 2.05) is 36.7 Å². The van der Waals surface area contributed by atoms with Crippen LogP contribution in [0.25, 0.3) is 0 Å². The number of rotatable bonds is 7. The van der Waals surface area contributed by atoms with Gasteiger partial charge < -0.3 is 5.11 Å². The van der Waals surface area contributed by atoms with Crippen LogP contribution in [0.15, 0.2) is 47.8 Å². The standard InChI is InChI=1S/C16H19NO2S/c1-17(12-13-6-3-2-4-7-13)14(11-16(18)19)10-15-8-5-9-20-15/h2-9,14H,10-12H2,1H3,(H,18,19). The van der Waals surface area contributed by atoms with Crippen LogP contribution >= 0.6 is 11.3 Å². The average molecular weight is 289 g/mol. The fourth-order valence-electron chi connectivity index (χ4n) is 2.25. The van der Waals surface area contributed by atoms with Crippen LogP contribution in [0.1, 0.15) is 16.9 Å². The Morgan fingerprint density at radius 1 is 1.25 bits per heavy atom. The maximum absolute atomic E-state index is 11.1. The van der Waals surface area contributed by atoms with E-state index >= 15 is 0 Å². The Kier molecular flexibility index (Phi) is 5.32. The number of aliphatic carboxylic acids is 1. The molecule has 1 aromatic carbocycles. The summed E-state index contributed by atoms with van der Waals surface area (Å²) >= 11 is 1.68. The zero-order valence-electron chi connectivity index (χ0n) is 11.5. The van der Waals surface area contributed by atoms with Crippen molar-refractivity contribution in [1.82, 2.24) is 4.90 Å². The molecular weight excluding hydrogens is 270 g/mol. The number of nitrogens with zero attached hydrogens (tertiary/aromatic N) is 1. The molecule has 1 unspecified atom stereocenters. The summed E-state index contributed by atoms with van der Waals surface area (Å²) in [6.45, 7) is 0.768. The second-order valence-corrected chi connectivity index (χ2v) is 5.97. The van der Waals surface area contributed by atoms with Crippen molar-refractivity contribution in [1.29, 1.82) is 0 Å². The summed E-state index contributed by atoms with van der Waals surface area (Å²) in [5.74, 6) is -0.744. The van der Waals surface area contributed by atoms with Gasteiger partial charge in [0.25, 0.3) is 0 Å². The molecule has 0 fully saturated rings. The van der Waals surface area contributed by atoms with Gasteiger partial charge in [0.15, 0.2) is 0 Å². The zero-order valence-corrected chi connectivity index (χ0v) is 12.3. The van der Waals surface area contributed by atoms with Crippen molar-refractivity contribution in [3.8, 4) is 0 Å². The van der Waals surface area contributed by atoms with E-state index in [1.54, 1.807) is 11.3 Å². The number of carboxylic acid groups (broad SMARTS) is 1. The monoisotopic (exact) mass is 289 g/mol. The van der Waals surface area contributed by atoms with Crippen LogP contribution < -0.4 is 0 Å². The van der Waals surface area contributed by atoms with Gasteiger partial charge in [-0.25, -0.2) is 0 Å². The third-order valence-corrected chi connectivity index (χ3v) is 4.22. The van der Waals surface area contributed by atoms with E-state index in [4.69, 9.17) is 5.11 Å². The highest BCUT2D eigenvalue weighted by Gasteiger charge is 2.19.